The molecule has 0 radical (unpaired) electrons. The predicted octanol–water partition coefficient (Wildman–Crippen LogP) is 1.72. The smallest absolute Gasteiger partial charge is 0.0600 e. The number of nitrogens with two attached hydrogens (primary N) is 1. The molecule has 1 fully saturated rings. The van der Waals surface area contributed by atoms with E-state index in [0.717, 1.165) is 24.5 Å². The number of hydrogen-bond donors (Lipinski definition) is 2. The van der Waals surface area contributed by atoms with Crippen LogP contribution in [0.25, 0.3) is 0 Å². The summed E-state index contributed by atoms with van der Waals surface area (Å²) in [7, 11) is 0. The second-order valence-corrected chi connectivity index (χ2v) is 5.31. The first kappa shape index (κ1) is 11.3. The van der Waals surface area contributed by atoms with E-state index in [1.165, 1.54) is 0 Å². The van der Waals surface area contributed by atoms with Gasteiger partial charge in [0.05, 0.1) is 11.4 Å². The van der Waals surface area contributed by atoms with E-state index in [0.29, 0.717) is 5.92 Å². The van der Waals surface area contributed by atoms with Crippen LogP contribution in [-0.4, -0.2) is 24.8 Å². The highest BCUT2D eigenvalue weighted by Gasteiger charge is 2.39. The summed E-state index contributed by atoms with van der Waals surface area (Å²) in [6.07, 6.45) is 0. The van der Waals surface area contributed by atoms with Crippen molar-refractivity contribution >= 4 is 11.4 Å². The van der Waals surface area contributed by atoms with Crippen molar-refractivity contribution < 1.29 is 5.11 Å². The highest BCUT2D eigenvalue weighted by Crippen LogP contribution is 2.38. The van der Waals surface area contributed by atoms with Crippen LogP contribution in [0.15, 0.2) is 24.3 Å². The lowest BCUT2D eigenvalue weighted by Crippen LogP contribution is -2.25. The molecule has 3 nitrogen and oxygen atoms in total. The van der Waals surface area contributed by atoms with Crippen molar-refractivity contribution in [3.05, 3.63) is 24.3 Å². The molecule has 0 aliphatic carbocycles. The highest BCUT2D eigenvalue weighted by molar-refractivity contribution is 5.67. The predicted molar refractivity (Wildman–Crippen MR) is 67.4 cm³/mol. The molecule has 0 spiro atoms. The molecule has 1 unspecified atom stereocenters. The molecule has 0 aromatic heterocycles. The average Bonchev–Trinajstić information content (AvgIpc) is 2.54. The fourth-order valence-corrected chi connectivity index (χ4v) is 2.46. The van der Waals surface area contributed by atoms with Gasteiger partial charge in [0.1, 0.15) is 0 Å². The third kappa shape index (κ3) is 1.87. The first-order chi connectivity index (χ1) is 7.54. The Morgan fingerprint density at radius 2 is 2.12 bits per heavy atom. The molecular weight excluding hydrogens is 200 g/mol. The van der Waals surface area contributed by atoms with Gasteiger partial charge in [-0.2, -0.15) is 0 Å². The summed E-state index contributed by atoms with van der Waals surface area (Å²) in [5, 5.41) is 9.38. The number of nitrogen functional groups attached to an aromatic ring is 1. The van der Waals surface area contributed by atoms with Gasteiger partial charge in [0.2, 0.25) is 0 Å². The summed E-state index contributed by atoms with van der Waals surface area (Å²) in [5.74, 6) is 0.326. The van der Waals surface area contributed by atoms with E-state index in [1.807, 2.05) is 24.3 Å². The first-order valence-electron chi connectivity index (χ1n) is 5.75. The summed E-state index contributed by atoms with van der Waals surface area (Å²) in [6, 6.07) is 7.92. The Morgan fingerprint density at radius 3 is 2.69 bits per heavy atom. The fourth-order valence-electron chi connectivity index (χ4n) is 2.46. The molecule has 0 saturated carbocycles. The largest absolute Gasteiger partial charge is 0.397 e. The van der Waals surface area contributed by atoms with Crippen LogP contribution in [0.2, 0.25) is 0 Å². The minimum atomic E-state index is 0.150. The van der Waals surface area contributed by atoms with Crippen molar-refractivity contribution in [2.45, 2.75) is 13.8 Å². The van der Waals surface area contributed by atoms with Crippen molar-refractivity contribution in [3.63, 3.8) is 0 Å². The van der Waals surface area contributed by atoms with Gasteiger partial charge in [-0.3, -0.25) is 0 Å². The zero-order valence-electron chi connectivity index (χ0n) is 9.98. The molecule has 1 aromatic rings. The van der Waals surface area contributed by atoms with Crippen LogP contribution < -0.4 is 10.6 Å². The minimum absolute atomic E-state index is 0.150. The summed E-state index contributed by atoms with van der Waals surface area (Å²) in [5.41, 5.74) is 8.03. The number of para-hydroxylation sites is 2. The third-order valence-electron chi connectivity index (χ3n) is 3.64. The van der Waals surface area contributed by atoms with Crippen molar-refractivity contribution in [1.29, 1.82) is 0 Å². The lowest BCUT2D eigenvalue weighted by molar-refractivity contribution is 0.161. The molecule has 1 atom stereocenters. The average molecular weight is 220 g/mol. The van der Waals surface area contributed by atoms with E-state index in [1.54, 1.807) is 0 Å². The van der Waals surface area contributed by atoms with Gasteiger partial charge in [-0.05, 0) is 17.5 Å². The molecule has 3 N–H and O–H groups in total. The summed E-state index contributed by atoms with van der Waals surface area (Å²) >= 11 is 0. The van der Waals surface area contributed by atoms with Crippen LogP contribution in [0.5, 0.6) is 0 Å². The van der Waals surface area contributed by atoms with Gasteiger partial charge < -0.3 is 15.7 Å². The zero-order chi connectivity index (χ0) is 11.8. The number of nitrogens with zero attached hydrogens (tertiary/aromatic N) is 1. The van der Waals surface area contributed by atoms with Crippen molar-refractivity contribution in [2.24, 2.45) is 11.3 Å². The molecule has 1 saturated heterocycles. The molecule has 2 rings (SSSR count). The molecule has 16 heavy (non-hydrogen) atoms. The Morgan fingerprint density at radius 1 is 1.44 bits per heavy atom. The van der Waals surface area contributed by atoms with E-state index in [4.69, 9.17) is 5.73 Å². The zero-order valence-corrected chi connectivity index (χ0v) is 9.98. The molecule has 3 heteroatoms. The maximum atomic E-state index is 9.38. The Hall–Kier alpha value is -1.22. The monoisotopic (exact) mass is 220 g/mol. The van der Waals surface area contributed by atoms with Gasteiger partial charge in [0.15, 0.2) is 0 Å². The SMILES string of the molecule is CC1(C)CN(c2ccccc2N)CC1CO. The number of rotatable bonds is 2. The summed E-state index contributed by atoms with van der Waals surface area (Å²) in [4.78, 5) is 2.27. The van der Waals surface area contributed by atoms with Crippen LogP contribution in [0.1, 0.15) is 13.8 Å². The number of aliphatic hydroxyl groups excluding tert-OH is 1. The number of hydrogen-bond acceptors (Lipinski definition) is 3. The Labute approximate surface area is 96.9 Å². The van der Waals surface area contributed by atoms with Crippen LogP contribution in [-0.2, 0) is 0 Å². The molecule has 88 valence electrons. The van der Waals surface area contributed by atoms with Crippen molar-refractivity contribution in [1.82, 2.24) is 0 Å². The lowest BCUT2D eigenvalue weighted by atomic mass is 9.83. The van der Waals surface area contributed by atoms with Crippen LogP contribution >= 0.6 is 0 Å². The molecule has 1 aliphatic rings. The Kier molecular flexibility index (Phi) is 2.80. The van der Waals surface area contributed by atoms with E-state index in [-0.39, 0.29) is 12.0 Å². The molecule has 1 heterocycles. The minimum Gasteiger partial charge on any atom is -0.397 e. The van der Waals surface area contributed by atoms with Gasteiger partial charge in [-0.15, -0.1) is 0 Å². The summed E-state index contributed by atoms with van der Waals surface area (Å²) < 4.78 is 0. The van der Waals surface area contributed by atoms with Crippen LogP contribution in [0, 0.1) is 11.3 Å². The molecule has 0 bridgehead atoms. The van der Waals surface area contributed by atoms with Gasteiger partial charge in [-0.25, -0.2) is 0 Å². The maximum absolute atomic E-state index is 9.38. The van der Waals surface area contributed by atoms with Gasteiger partial charge in [0, 0.05) is 25.6 Å². The van der Waals surface area contributed by atoms with Gasteiger partial charge in [0.25, 0.3) is 0 Å². The topological polar surface area (TPSA) is 49.5 Å². The number of aliphatic hydroxyl groups is 1. The van der Waals surface area contributed by atoms with E-state index < -0.39 is 0 Å². The van der Waals surface area contributed by atoms with Crippen molar-refractivity contribution in [3.8, 4) is 0 Å². The first-order valence-corrected chi connectivity index (χ1v) is 5.75. The summed E-state index contributed by atoms with van der Waals surface area (Å²) in [6.45, 7) is 6.49. The number of anilines is 2. The van der Waals surface area contributed by atoms with Crippen molar-refractivity contribution in [2.75, 3.05) is 30.3 Å². The van der Waals surface area contributed by atoms with E-state index in [9.17, 15) is 5.11 Å². The molecular formula is C13H20N2O. The third-order valence-corrected chi connectivity index (χ3v) is 3.64. The van der Waals surface area contributed by atoms with Gasteiger partial charge >= 0.3 is 0 Å². The number of benzene rings is 1. The Balaban J connectivity index is 2.23. The molecule has 0 amide bonds. The van der Waals surface area contributed by atoms with Crippen LogP contribution in [0.3, 0.4) is 0 Å². The quantitative estimate of drug-likeness (QED) is 0.746. The second kappa shape index (κ2) is 3.98. The fraction of sp³-hybridized carbons (Fsp3) is 0.538. The highest BCUT2D eigenvalue weighted by atomic mass is 16.3. The lowest BCUT2D eigenvalue weighted by Gasteiger charge is -2.24. The van der Waals surface area contributed by atoms with E-state index in [2.05, 4.69) is 18.7 Å². The van der Waals surface area contributed by atoms with Crippen LogP contribution in [0.4, 0.5) is 11.4 Å². The van der Waals surface area contributed by atoms with E-state index >= 15 is 0 Å². The Bertz CT molecular complexity index is 376. The molecule has 1 aliphatic heterocycles. The second-order valence-electron chi connectivity index (χ2n) is 5.31. The normalized spacial score (nSPS) is 23.7. The standard InChI is InChI=1S/C13H20N2O/c1-13(2)9-15(7-10(13)8-16)12-6-4-3-5-11(12)14/h3-6,10,16H,7-9,14H2,1-2H3. The molecule has 1 aromatic carbocycles. The van der Waals surface area contributed by atoms with Gasteiger partial charge in [-0.1, -0.05) is 26.0 Å². The maximum Gasteiger partial charge on any atom is 0.0600 e.